The molecular formula is C29H28N2O6. The average Bonchev–Trinajstić information content (AvgIpc) is 3.21. The van der Waals surface area contributed by atoms with E-state index in [1.165, 1.54) is 0 Å². The highest BCUT2D eigenvalue weighted by Gasteiger charge is 2.37. The van der Waals surface area contributed by atoms with Crippen molar-refractivity contribution in [3.8, 4) is 23.0 Å². The van der Waals surface area contributed by atoms with Crippen molar-refractivity contribution in [2.75, 3.05) is 27.3 Å². The molecule has 4 heterocycles. The second kappa shape index (κ2) is 9.12. The molecule has 1 fully saturated rings. The van der Waals surface area contributed by atoms with Gasteiger partial charge in [0.05, 0.1) is 25.3 Å². The minimum Gasteiger partial charge on any atom is -0.507 e. The zero-order valence-electron chi connectivity index (χ0n) is 20.8. The number of carbonyl (C=O) groups excluding carboxylic acids is 1. The Bertz CT molecular complexity index is 1490. The fraction of sp³-hybridized carbons (Fsp3) is 0.310. The van der Waals surface area contributed by atoms with Crippen LogP contribution in [0.2, 0.25) is 0 Å². The first kappa shape index (κ1) is 23.4. The van der Waals surface area contributed by atoms with Crippen LogP contribution in [-0.4, -0.2) is 47.7 Å². The number of aromatic hydroxyl groups is 1. The van der Waals surface area contributed by atoms with Gasteiger partial charge in [0.2, 0.25) is 5.78 Å². The molecule has 3 aliphatic rings. The maximum Gasteiger partial charge on any atom is 0.250 e. The second-order valence-corrected chi connectivity index (χ2v) is 9.85. The molecule has 1 N–H and O–H groups in total. The summed E-state index contributed by atoms with van der Waals surface area (Å²) in [6, 6.07) is 14.1. The number of carbonyl (C=O) groups is 1. The van der Waals surface area contributed by atoms with E-state index in [4.69, 9.17) is 14.2 Å². The van der Waals surface area contributed by atoms with Gasteiger partial charge in [0.25, 0.3) is 5.56 Å². The molecule has 1 aromatic heterocycles. The van der Waals surface area contributed by atoms with E-state index in [0.29, 0.717) is 52.9 Å². The molecule has 0 saturated carbocycles. The van der Waals surface area contributed by atoms with Crippen molar-refractivity contribution in [1.29, 1.82) is 0 Å². The maximum absolute atomic E-state index is 13.2. The van der Waals surface area contributed by atoms with Gasteiger partial charge in [0.1, 0.15) is 11.5 Å². The summed E-state index contributed by atoms with van der Waals surface area (Å²) in [5.41, 5.74) is 2.80. The lowest BCUT2D eigenvalue weighted by molar-refractivity contribution is 0.101. The Labute approximate surface area is 214 Å². The number of methoxy groups -OCH3 is 2. The number of pyridine rings is 1. The number of phenolic OH excluding ortho intramolecular Hbond substituents is 1. The van der Waals surface area contributed by atoms with Gasteiger partial charge >= 0.3 is 0 Å². The largest absolute Gasteiger partial charge is 0.507 e. The fourth-order valence-electron chi connectivity index (χ4n) is 5.96. The highest BCUT2D eigenvalue weighted by Crippen LogP contribution is 2.43. The van der Waals surface area contributed by atoms with Crippen LogP contribution in [0.4, 0.5) is 0 Å². The van der Waals surface area contributed by atoms with E-state index in [1.807, 2.05) is 28.8 Å². The highest BCUT2D eigenvalue weighted by atomic mass is 16.5. The normalized spacial score (nSPS) is 21.4. The molecule has 2 atom stereocenters. The number of hydrogen-bond acceptors (Lipinski definition) is 7. The third-order valence-electron chi connectivity index (χ3n) is 7.57. The zero-order chi connectivity index (χ0) is 25.7. The Morgan fingerprint density at radius 2 is 1.86 bits per heavy atom. The molecule has 3 aromatic rings. The molecule has 2 aromatic carbocycles. The smallest absolute Gasteiger partial charge is 0.250 e. The number of likely N-dealkylation sites (tertiary alicyclic amines) is 1. The summed E-state index contributed by atoms with van der Waals surface area (Å²) in [5, 5.41) is 10.8. The number of allylic oxidation sites excluding steroid dienone is 1. The first-order valence-corrected chi connectivity index (χ1v) is 12.4. The van der Waals surface area contributed by atoms with Crippen LogP contribution in [0.1, 0.15) is 39.5 Å². The van der Waals surface area contributed by atoms with Crippen LogP contribution >= 0.6 is 0 Å². The lowest BCUT2D eigenvalue weighted by Crippen LogP contribution is -2.46. The summed E-state index contributed by atoms with van der Waals surface area (Å²) in [4.78, 5) is 27.9. The summed E-state index contributed by atoms with van der Waals surface area (Å²) in [6.07, 6.45) is 2.69. The van der Waals surface area contributed by atoms with E-state index in [9.17, 15) is 14.7 Å². The van der Waals surface area contributed by atoms with Gasteiger partial charge in [-0.25, -0.2) is 0 Å². The summed E-state index contributed by atoms with van der Waals surface area (Å²) in [7, 11) is 3.10. The number of hydrogen-bond donors (Lipinski definition) is 1. The fourth-order valence-corrected chi connectivity index (χ4v) is 5.96. The van der Waals surface area contributed by atoms with Gasteiger partial charge < -0.3 is 23.9 Å². The van der Waals surface area contributed by atoms with E-state index < -0.39 is 0 Å². The quantitative estimate of drug-likeness (QED) is 0.533. The molecule has 0 radical (unpaired) electrons. The predicted molar refractivity (Wildman–Crippen MR) is 137 cm³/mol. The molecule has 8 heteroatoms. The number of para-hydroxylation sites is 1. The van der Waals surface area contributed by atoms with Gasteiger partial charge in [-0.05, 0) is 42.7 Å². The Kier molecular flexibility index (Phi) is 5.76. The molecule has 190 valence electrons. The number of rotatable bonds is 5. The third kappa shape index (κ3) is 3.97. The molecular weight excluding hydrogens is 472 g/mol. The van der Waals surface area contributed by atoms with Crippen molar-refractivity contribution in [3.63, 3.8) is 0 Å². The second-order valence-electron chi connectivity index (χ2n) is 9.85. The standard InChI is InChI=1S/C29H28N2O6/c1-35-24-7-3-5-18(28(24)36-2)12-25-27(34)20-9-10-23(32)21(29(20)37-25)16-30-13-17-11-19(15-30)22-6-4-8-26(33)31(22)14-17/h3-10,12,17,19,32H,11,13-16H2,1-2H3. The summed E-state index contributed by atoms with van der Waals surface area (Å²) in [5.74, 6) is 2.07. The van der Waals surface area contributed by atoms with Gasteiger partial charge in [-0.3, -0.25) is 14.5 Å². The van der Waals surface area contributed by atoms with E-state index in [0.717, 1.165) is 25.2 Å². The molecule has 1 saturated heterocycles. The van der Waals surface area contributed by atoms with E-state index in [2.05, 4.69) is 4.90 Å². The monoisotopic (exact) mass is 500 g/mol. The number of nitrogens with zero attached hydrogens (tertiary/aromatic N) is 2. The van der Waals surface area contributed by atoms with Crippen molar-refractivity contribution in [1.82, 2.24) is 9.47 Å². The van der Waals surface area contributed by atoms with Gasteiger partial charge in [-0.1, -0.05) is 18.2 Å². The molecule has 2 unspecified atom stereocenters. The third-order valence-corrected chi connectivity index (χ3v) is 7.57. The Morgan fingerprint density at radius 3 is 2.68 bits per heavy atom. The van der Waals surface area contributed by atoms with Crippen LogP contribution in [-0.2, 0) is 13.1 Å². The van der Waals surface area contributed by atoms with E-state index in [-0.39, 0.29) is 28.8 Å². The number of benzene rings is 2. The zero-order valence-corrected chi connectivity index (χ0v) is 20.8. The first-order valence-electron chi connectivity index (χ1n) is 12.4. The molecule has 3 aliphatic heterocycles. The molecule has 0 spiro atoms. The summed E-state index contributed by atoms with van der Waals surface area (Å²) < 4.78 is 18.9. The highest BCUT2D eigenvalue weighted by molar-refractivity contribution is 6.15. The van der Waals surface area contributed by atoms with Crippen molar-refractivity contribution < 1.29 is 24.1 Å². The molecule has 2 bridgehead atoms. The summed E-state index contributed by atoms with van der Waals surface area (Å²) >= 11 is 0. The van der Waals surface area contributed by atoms with Crippen LogP contribution in [0.5, 0.6) is 23.0 Å². The molecule has 8 nitrogen and oxygen atoms in total. The minimum absolute atomic E-state index is 0.0538. The van der Waals surface area contributed by atoms with Crippen LogP contribution in [0.3, 0.4) is 0 Å². The topological polar surface area (TPSA) is 90.2 Å². The van der Waals surface area contributed by atoms with Gasteiger partial charge in [-0.2, -0.15) is 0 Å². The molecule has 0 amide bonds. The number of ketones is 1. The minimum atomic E-state index is -0.245. The number of ether oxygens (including phenoxy) is 3. The van der Waals surface area contributed by atoms with Crippen LogP contribution < -0.4 is 19.8 Å². The van der Waals surface area contributed by atoms with Crippen molar-refractivity contribution >= 4 is 11.9 Å². The Balaban J connectivity index is 1.29. The van der Waals surface area contributed by atoms with E-state index >= 15 is 0 Å². The average molecular weight is 501 g/mol. The number of Topliss-reactive ketones (excluding diaryl/α,β-unsaturated/α-hetero) is 1. The van der Waals surface area contributed by atoms with E-state index in [1.54, 1.807) is 44.6 Å². The number of piperidine rings is 1. The van der Waals surface area contributed by atoms with Crippen LogP contribution in [0.25, 0.3) is 6.08 Å². The number of fused-ring (bicyclic) bond motifs is 5. The van der Waals surface area contributed by atoms with Crippen molar-refractivity contribution in [2.45, 2.75) is 25.4 Å². The first-order chi connectivity index (χ1) is 18.0. The van der Waals surface area contributed by atoms with Gasteiger partial charge in [-0.15, -0.1) is 0 Å². The Morgan fingerprint density at radius 1 is 1.03 bits per heavy atom. The van der Waals surface area contributed by atoms with Gasteiger partial charge in [0.15, 0.2) is 17.3 Å². The van der Waals surface area contributed by atoms with Crippen LogP contribution in [0, 0.1) is 5.92 Å². The van der Waals surface area contributed by atoms with Gasteiger partial charge in [0, 0.05) is 49.4 Å². The maximum atomic E-state index is 13.2. The lowest BCUT2D eigenvalue weighted by Gasteiger charge is -2.42. The molecule has 37 heavy (non-hydrogen) atoms. The van der Waals surface area contributed by atoms with Crippen molar-refractivity contribution in [3.05, 3.63) is 87.0 Å². The predicted octanol–water partition coefficient (Wildman–Crippen LogP) is 3.81. The van der Waals surface area contributed by atoms with Crippen molar-refractivity contribution in [2.24, 2.45) is 5.92 Å². The molecule has 0 aliphatic carbocycles. The SMILES string of the molecule is COc1cccc(C=C2Oc3c(ccc(O)c3CN3CC4CC(C3)c3cccc(=O)n3C4)C2=O)c1OC. The number of aromatic nitrogens is 1. The number of phenols is 1. The summed E-state index contributed by atoms with van der Waals surface area (Å²) in [6.45, 7) is 2.71. The molecule has 6 rings (SSSR count). The van der Waals surface area contributed by atoms with Crippen LogP contribution in [0.15, 0.2) is 59.1 Å². The lowest BCUT2D eigenvalue weighted by atomic mass is 9.83. The Hall–Kier alpha value is -4.04.